The SMILES string of the molecule is N#Cc1cc(Nc2nc(NC3CC3)c3ncc(C#N)n3n2)c(Cl)c(N2CCS(=O)(=O)CC2)c1. The highest BCUT2D eigenvalue weighted by Gasteiger charge is 2.26. The van der Waals surface area contributed by atoms with Gasteiger partial charge in [-0.25, -0.2) is 13.4 Å². The highest BCUT2D eigenvalue weighted by molar-refractivity contribution is 7.91. The maximum atomic E-state index is 11.8. The minimum Gasteiger partial charge on any atom is -0.368 e. The Morgan fingerprint density at radius 2 is 1.91 bits per heavy atom. The van der Waals surface area contributed by atoms with Crippen molar-refractivity contribution in [3.05, 3.63) is 34.6 Å². The van der Waals surface area contributed by atoms with Crippen LogP contribution in [-0.2, 0) is 9.84 Å². The number of hydrogen-bond acceptors (Lipinski definition) is 10. The van der Waals surface area contributed by atoms with Crippen molar-refractivity contribution in [2.24, 2.45) is 0 Å². The summed E-state index contributed by atoms with van der Waals surface area (Å²) in [6.45, 7) is 0.573. The molecule has 0 bridgehead atoms. The fourth-order valence-corrected chi connectivity index (χ4v) is 5.07. The fourth-order valence-electron chi connectivity index (χ4n) is 3.60. The summed E-state index contributed by atoms with van der Waals surface area (Å²) in [5.41, 5.74) is 2.00. The Balaban J connectivity index is 1.54. The summed E-state index contributed by atoms with van der Waals surface area (Å²) in [4.78, 5) is 10.6. The maximum absolute atomic E-state index is 11.8. The molecule has 5 rings (SSSR count). The molecule has 1 aliphatic carbocycles. The molecule has 1 aromatic carbocycles. The number of aromatic nitrogens is 4. The molecule has 1 saturated carbocycles. The Labute approximate surface area is 194 Å². The normalized spacial score (nSPS) is 17.4. The zero-order valence-electron chi connectivity index (χ0n) is 17.3. The van der Waals surface area contributed by atoms with Crippen molar-refractivity contribution in [1.29, 1.82) is 10.5 Å². The summed E-state index contributed by atoms with van der Waals surface area (Å²) in [6, 6.07) is 7.68. The van der Waals surface area contributed by atoms with E-state index < -0.39 is 9.84 Å². The first kappa shape index (κ1) is 21.2. The molecule has 0 spiro atoms. The quantitative estimate of drug-likeness (QED) is 0.551. The van der Waals surface area contributed by atoms with Crippen molar-refractivity contribution >= 4 is 50.2 Å². The molecule has 13 heteroatoms. The van der Waals surface area contributed by atoms with E-state index in [4.69, 9.17) is 11.6 Å². The van der Waals surface area contributed by atoms with Crippen LogP contribution < -0.4 is 15.5 Å². The molecule has 33 heavy (non-hydrogen) atoms. The van der Waals surface area contributed by atoms with Crippen LogP contribution in [-0.4, -0.2) is 58.6 Å². The summed E-state index contributed by atoms with van der Waals surface area (Å²) in [5.74, 6) is 0.710. The summed E-state index contributed by atoms with van der Waals surface area (Å²) in [7, 11) is -3.07. The maximum Gasteiger partial charge on any atom is 0.247 e. The second-order valence-electron chi connectivity index (χ2n) is 7.93. The fraction of sp³-hybridized carbons (Fsp3) is 0.350. The number of nitriles is 2. The molecule has 2 N–H and O–H groups in total. The lowest BCUT2D eigenvalue weighted by Gasteiger charge is -2.30. The van der Waals surface area contributed by atoms with Gasteiger partial charge in [-0.05, 0) is 25.0 Å². The van der Waals surface area contributed by atoms with Gasteiger partial charge in [0.2, 0.25) is 5.95 Å². The molecular weight excluding hydrogens is 466 g/mol. The van der Waals surface area contributed by atoms with Gasteiger partial charge in [-0.2, -0.15) is 20.0 Å². The average Bonchev–Trinajstić information content (AvgIpc) is 3.51. The minimum atomic E-state index is -3.07. The predicted octanol–water partition coefficient (Wildman–Crippen LogP) is 2.07. The van der Waals surface area contributed by atoms with Crippen molar-refractivity contribution in [2.45, 2.75) is 18.9 Å². The third kappa shape index (κ3) is 4.23. The summed E-state index contributed by atoms with van der Waals surface area (Å²) < 4.78 is 25.0. The monoisotopic (exact) mass is 483 g/mol. The molecule has 2 aromatic heterocycles. The molecule has 1 saturated heterocycles. The first-order chi connectivity index (χ1) is 15.9. The van der Waals surface area contributed by atoms with E-state index in [2.05, 4.69) is 37.8 Å². The van der Waals surface area contributed by atoms with Crippen LogP contribution in [0.2, 0.25) is 5.02 Å². The molecule has 168 valence electrons. The summed E-state index contributed by atoms with van der Waals surface area (Å²) >= 11 is 6.68. The lowest BCUT2D eigenvalue weighted by atomic mass is 10.1. The van der Waals surface area contributed by atoms with Gasteiger partial charge in [-0.15, -0.1) is 5.10 Å². The zero-order chi connectivity index (χ0) is 23.2. The topological polar surface area (TPSA) is 152 Å². The van der Waals surface area contributed by atoms with E-state index in [0.717, 1.165) is 12.8 Å². The minimum absolute atomic E-state index is 0.0242. The molecule has 3 aromatic rings. The lowest BCUT2D eigenvalue weighted by molar-refractivity contribution is 0.587. The Morgan fingerprint density at radius 1 is 1.15 bits per heavy atom. The highest BCUT2D eigenvalue weighted by atomic mass is 35.5. The van der Waals surface area contributed by atoms with E-state index >= 15 is 0 Å². The lowest BCUT2D eigenvalue weighted by Crippen LogP contribution is -2.40. The van der Waals surface area contributed by atoms with E-state index in [9.17, 15) is 18.9 Å². The van der Waals surface area contributed by atoms with Crippen LogP contribution >= 0.6 is 11.6 Å². The van der Waals surface area contributed by atoms with Crippen LogP contribution in [0.3, 0.4) is 0 Å². The van der Waals surface area contributed by atoms with Gasteiger partial charge >= 0.3 is 0 Å². The Kier molecular flexibility index (Phi) is 5.19. The number of nitrogens with one attached hydrogen (secondary N) is 2. The number of anilines is 4. The molecule has 2 fully saturated rings. The molecule has 0 amide bonds. The van der Waals surface area contributed by atoms with E-state index in [1.807, 2.05) is 4.90 Å². The average molecular weight is 484 g/mol. The molecular formula is C20H18ClN9O2S. The molecule has 0 atom stereocenters. The van der Waals surface area contributed by atoms with Crippen LogP contribution in [0.1, 0.15) is 24.1 Å². The largest absolute Gasteiger partial charge is 0.368 e. The van der Waals surface area contributed by atoms with E-state index in [1.54, 1.807) is 12.1 Å². The van der Waals surface area contributed by atoms with Crippen molar-refractivity contribution < 1.29 is 8.42 Å². The molecule has 3 heterocycles. The van der Waals surface area contributed by atoms with E-state index in [-0.39, 0.29) is 36.2 Å². The van der Waals surface area contributed by atoms with Gasteiger partial charge in [-0.3, -0.25) is 0 Å². The van der Waals surface area contributed by atoms with Gasteiger partial charge in [0, 0.05) is 19.1 Å². The van der Waals surface area contributed by atoms with Gasteiger partial charge in [0.1, 0.15) is 6.07 Å². The Hall–Kier alpha value is -3.61. The second kappa shape index (κ2) is 8.06. The smallest absolute Gasteiger partial charge is 0.247 e. The van der Waals surface area contributed by atoms with Crippen LogP contribution in [0.5, 0.6) is 0 Å². The van der Waals surface area contributed by atoms with Gasteiger partial charge in [0.25, 0.3) is 0 Å². The number of halogens is 1. The molecule has 0 unspecified atom stereocenters. The molecule has 11 nitrogen and oxygen atoms in total. The highest BCUT2D eigenvalue weighted by Crippen LogP contribution is 2.36. The van der Waals surface area contributed by atoms with Crippen molar-refractivity contribution in [1.82, 2.24) is 19.6 Å². The van der Waals surface area contributed by atoms with Gasteiger partial charge in [0.05, 0.1) is 45.7 Å². The van der Waals surface area contributed by atoms with Gasteiger partial charge < -0.3 is 15.5 Å². The number of imidazole rings is 1. The van der Waals surface area contributed by atoms with Crippen molar-refractivity contribution in [3.8, 4) is 12.1 Å². The number of sulfone groups is 1. The van der Waals surface area contributed by atoms with Gasteiger partial charge in [0.15, 0.2) is 27.0 Å². The van der Waals surface area contributed by atoms with Crippen LogP contribution in [0.25, 0.3) is 5.65 Å². The molecule has 2 aliphatic rings. The first-order valence-corrected chi connectivity index (χ1v) is 12.5. The number of nitrogens with zero attached hydrogens (tertiary/aromatic N) is 7. The Bertz CT molecular complexity index is 1440. The number of rotatable bonds is 5. The standard InChI is InChI=1S/C20H18ClN9O2S/c21-17-15(7-12(9-22)8-16(17)29-3-5-33(31,32)6-4-29)26-20-27-18(25-13-1-2-13)19-24-11-14(10-23)30(19)28-20/h7-8,11,13H,1-6H2,(H2,25,26,27,28). The second-order valence-corrected chi connectivity index (χ2v) is 10.6. The van der Waals surface area contributed by atoms with Crippen molar-refractivity contribution in [2.75, 3.05) is 40.1 Å². The summed E-state index contributed by atoms with van der Waals surface area (Å²) in [6.07, 6.45) is 3.48. The Morgan fingerprint density at radius 3 is 2.58 bits per heavy atom. The number of hydrogen-bond donors (Lipinski definition) is 2. The van der Waals surface area contributed by atoms with Crippen LogP contribution in [0.4, 0.5) is 23.1 Å². The first-order valence-electron chi connectivity index (χ1n) is 10.3. The van der Waals surface area contributed by atoms with Crippen LogP contribution in [0.15, 0.2) is 18.3 Å². The predicted molar refractivity (Wildman–Crippen MR) is 122 cm³/mol. The third-order valence-electron chi connectivity index (χ3n) is 5.51. The summed E-state index contributed by atoms with van der Waals surface area (Å²) in [5, 5.41) is 30.0. The number of fused-ring (bicyclic) bond motifs is 1. The van der Waals surface area contributed by atoms with Gasteiger partial charge in [-0.1, -0.05) is 11.6 Å². The molecule has 1 aliphatic heterocycles. The molecule has 0 radical (unpaired) electrons. The van der Waals surface area contributed by atoms with E-state index in [1.165, 1.54) is 10.7 Å². The van der Waals surface area contributed by atoms with Crippen molar-refractivity contribution in [3.63, 3.8) is 0 Å². The van der Waals surface area contributed by atoms with E-state index in [0.29, 0.717) is 39.5 Å². The number of benzene rings is 1. The third-order valence-corrected chi connectivity index (χ3v) is 7.52. The van der Waals surface area contributed by atoms with Crippen LogP contribution in [0, 0.1) is 22.7 Å². The zero-order valence-corrected chi connectivity index (χ0v) is 18.9.